The largest absolute Gasteiger partial charge is 0.356 e. The van der Waals surface area contributed by atoms with E-state index in [2.05, 4.69) is 20.7 Å². The van der Waals surface area contributed by atoms with Crippen molar-refractivity contribution in [2.45, 2.75) is 68.1 Å². The van der Waals surface area contributed by atoms with Gasteiger partial charge in [-0.1, -0.05) is 12.5 Å². The van der Waals surface area contributed by atoms with Crippen LogP contribution in [0.1, 0.15) is 67.7 Å². The molecule has 2 saturated carbocycles. The molecule has 2 aliphatic carbocycles. The number of carbonyl (C=O) groups excluding carboxylic acids is 1. The summed E-state index contributed by atoms with van der Waals surface area (Å²) in [4.78, 5) is 25.3. The average Bonchev–Trinajstić information content (AvgIpc) is 3.44. The average molecular weight is 491 g/mol. The minimum atomic E-state index is -4.08. The van der Waals surface area contributed by atoms with Gasteiger partial charge in [-0.25, -0.2) is 18.1 Å². The number of nitrogens with zero attached hydrogens (tertiary/aromatic N) is 3. The van der Waals surface area contributed by atoms with Gasteiger partial charge in [-0.2, -0.15) is 0 Å². The molecule has 1 aromatic carbocycles. The van der Waals surface area contributed by atoms with Crippen LogP contribution >= 0.6 is 0 Å². The maximum absolute atomic E-state index is 13.7. The van der Waals surface area contributed by atoms with Crippen molar-refractivity contribution in [3.05, 3.63) is 59.4 Å². The minimum Gasteiger partial charge on any atom is -0.356 e. The molecule has 3 aliphatic rings. The molecule has 1 N–H and O–H groups in total. The van der Waals surface area contributed by atoms with Crippen LogP contribution in [0.25, 0.3) is 10.9 Å². The highest BCUT2D eigenvalue weighted by atomic mass is 32.2. The van der Waals surface area contributed by atoms with E-state index in [0.717, 1.165) is 55.8 Å². The maximum atomic E-state index is 13.7. The summed E-state index contributed by atoms with van der Waals surface area (Å²) in [6.45, 7) is 3.70. The van der Waals surface area contributed by atoms with E-state index in [9.17, 15) is 13.2 Å². The number of nitrogens with one attached hydrogen (secondary N) is 1. The van der Waals surface area contributed by atoms with Crippen LogP contribution in [0.2, 0.25) is 0 Å². The Morgan fingerprint density at radius 1 is 1.09 bits per heavy atom. The molecule has 1 saturated heterocycles. The van der Waals surface area contributed by atoms with Crippen LogP contribution in [0.3, 0.4) is 0 Å². The van der Waals surface area contributed by atoms with E-state index >= 15 is 0 Å². The van der Waals surface area contributed by atoms with Gasteiger partial charge in [0.2, 0.25) is 5.91 Å². The Kier molecular flexibility index (Phi) is 5.32. The molecule has 0 atom stereocenters. The molecule has 3 aromatic rings. The van der Waals surface area contributed by atoms with Crippen molar-refractivity contribution in [1.29, 1.82) is 0 Å². The fourth-order valence-corrected chi connectivity index (χ4v) is 6.72. The van der Waals surface area contributed by atoms with Crippen molar-refractivity contribution < 1.29 is 13.2 Å². The number of sulfonamides is 1. The normalized spacial score (nSPS) is 19.5. The molecule has 1 amide bonds. The number of fused-ring (bicyclic) bond motifs is 1. The number of aromatic nitrogens is 2. The van der Waals surface area contributed by atoms with Gasteiger partial charge in [0.25, 0.3) is 10.0 Å². The third-order valence-corrected chi connectivity index (χ3v) is 9.31. The molecule has 7 nitrogen and oxygen atoms in total. The van der Waals surface area contributed by atoms with Crippen molar-refractivity contribution in [1.82, 2.24) is 14.7 Å². The standard InChI is InChI=1S/C27H30N4O3S/c1-18-10-11-21-23(29-18)8-5-9-24(21)35(33,34)30-26(32)27(12-13-27)22-16-20(19-6-4-7-19)17-28-25(22)31-14-2-3-15-31/h5,8-11,16-17,19H,2-4,6-7,12-15H2,1H3,(H,30,32). The summed E-state index contributed by atoms with van der Waals surface area (Å²) in [5, 5.41) is 0.509. The zero-order chi connectivity index (χ0) is 24.2. The van der Waals surface area contributed by atoms with E-state index in [1.807, 2.05) is 13.1 Å². The number of aryl methyl sites for hydroxylation is 1. The smallest absolute Gasteiger partial charge is 0.264 e. The molecule has 0 radical (unpaired) electrons. The highest BCUT2D eigenvalue weighted by Crippen LogP contribution is 2.52. The first-order valence-corrected chi connectivity index (χ1v) is 14.0. The number of hydrogen-bond acceptors (Lipinski definition) is 6. The number of carbonyl (C=O) groups is 1. The Morgan fingerprint density at radius 2 is 1.86 bits per heavy atom. The quantitative estimate of drug-likeness (QED) is 0.553. The molecule has 0 spiro atoms. The van der Waals surface area contributed by atoms with Crippen molar-refractivity contribution >= 4 is 32.7 Å². The summed E-state index contributed by atoms with van der Waals surface area (Å²) in [5.41, 5.74) is 2.62. The number of amides is 1. The summed E-state index contributed by atoms with van der Waals surface area (Å²) in [6, 6.07) is 10.7. The van der Waals surface area contributed by atoms with Crippen LogP contribution in [-0.4, -0.2) is 37.4 Å². The summed E-state index contributed by atoms with van der Waals surface area (Å²) < 4.78 is 29.3. The van der Waals surface area contributed by atoms with Crippen LogP contribution in [-0.2, 0) is 20.2 Å². The summed E-state index contributed by atoms with van der Waals surface area (Å²) in [5.74, 6) is 0.881. The first-order chi connectivity index (χ1) is 16.9. The van der Waals surface area contributed by atoms with Crippen LogP contribution in [0.5, 0.6) is 0 Å². The Balaban J connectivity index is 1.36. The predicted octanol–water partition coefficient (Wildman–Crippen LogP) is 4.34. The van der Waals surface area contributed by atoms with Gasteiger partial charge in [0, 0.05) is 35.9 Å². The molecule has 0 unspecified atom stereocenters. The lowest BCUT2D eigenvalue weighted by Gasteiger charge is -2.29. The summed E-state index contributed by atoms with van der Waals surface area (Å²) >= 11 is 0. The second-order valence-corrected chi connectivity index (χ2v) is 11.9. The number of hydrogen-bond donors (Lipinski definition) is 1. The molecule has 1 aliphatic heterocycles. The van der Waals surface area contributed by atoms with Crippen molar-refractivity contribution in [3.8, 4) is 0 Å². The van der Waals surface area contributed by atoms with Crippen molar-refractivity contribution in [3.63, 3.8) is 0 Å². The van der Waals surface area contributed by atoms with E-state index in [1.54, 1.807) is 24.3 Å². The summed E-state index contributed by atoms with van der Waals surface area (Å²) in [6.07, 6.45) is 8.94. The van der Waals surface area contributed by atoms with Crippen LogP contribution in [0.4, 0.5) is 5.82 Å². The molecular formula is C27H30N4O3S. The minimum absolute atomic E-state index is 0.0766. The van der Waals surface area contributed by atoms with E-state index in [4.69, 9.17) is 4.98 Å². The Bertz CT molecular complexity index is 1420. The summed E-state index contributed by atoms with van der Waals surface area (Å²) in [7, 11) is -4.08. The molecular weight excluding hydrogens is 460 g/mol. The molecule has 3 fully saturated rings. The molecule has 182 valence electrons. The molecule has 6 rings (SSSR count). The predicted molar refractivity (Wildman–Crippen MR) is 135 cm³/mol. The number of anilines is 1. The molecule has 2 aromatic heterocycles. The number of pyridine rings is 2. The van der Waals surface area contributed by atoms with Gasteiger partial charge in [0.15, 0.2) is 0 Å². The van der Waals surface area contributed by atoms with Gasteiger partial charge in [0.1, 0.15) is 5.82 Å². The van der Waals surface area contributed by atoms with Crippen LogP contribution in [0, 0.1) is 6.92 Å². The van der Waals surface area contributed by atoms with E-state index in [-0.39, 0.29) is 4.90 Å². The topological polar surface area (TPSA) is 92.3 Å². The molecule has 3 heterocycles. The highest BCUT2D eigenvalue weighted by Gasteiger charge is 2.54. The monoisotopic (exact) mass is 490 g/mol. The van der Waals surface area contributed by atoms with Gasteiger partial charge in [0.05, 0.1) is 15.8 Å². The van der Waals surface area contributed by atoms with Crippen LogP contribution < -0.4 is 9.62 Å². The molecule has 8 heteroatoms. The van der Waals surface area contributed by atoms with Gasteiger partial charge >= 0.3 is 0 Å². The zero-order valence-corrected chi connectivity index (χ0v) is 20.8. The van der Waals surface area contributed by atoms with Gasteiger partial charge in [-0.05, 0) is 87.3 Å². The van der Waals surface area contributed by atoms with Crippen molar-refractivity contribution in [2.75, 3.05) is 18.0 Å². The fourth-order valence-electron chi connectivity index (χ4n) is 5.45. The van der Waals surface area contributed by atoms with Crippen molar-refractivity contribution in [2.24, 2.45) is 0 Å². The Morgan fingerprint density at radius 3 is 2.54 bits per heavy atom. The Labute approximate surface area is 206 Å². The van der Waals surface area contributed by atoms with E-state index < -0.39 is 21.3 Å². The Hall–Kier alpha value is -3.00. The lowest BCUT2D eigenvalue weighted by molar-refractivity contribution is -0.121. The second kappa shape index (κ2) is 8.29. The lowest BCUT2D eigenvalue weighted by atomic mass is 9.79. The third-order valence-electron chi connectivity index (χ3n) is 7.92. The third kappa shape index (κ3) is 3.88. The SMILES string of the molecule is Cc1ccc2c(S(=O)(=O)NC(=O)C3(c4cc(C5CCC5)cnc4N4CCCC4)CC3)cccc2n1. The van der Waals surface area contributed by atoms with E-state index in [0.29, 0.717) is 29.7 Å². The maximum Gasteiger partial charge on any atom is 0.264 e. The molecule has 35 heavy (non-hydrogen) atoms. The molecule has 0 bridgehead atoms. The first kappa shape index (κ1) is 22.5. The zero-order valence-electron chi connectivity index (χ0n) is 20.0. The van der Waals surface area contributed by atoms with Gasteiger partial charge in [-0.3, -0.25) is 9.78 Å². The van der Waals surface area contributed by atoms with Gasteiger partial charge in [-0.15, -0.1) is 0 Å². The highest BCUT2D eigenvalue weighted by molar-refractivity contribution is 7.90. The second-order valence-electron chi connectivity index (χ2n) is 10.3. The number of rotatable bonds is 6. The number of benzene rings is 1. The first-order valence-electron chi connectivity index (χ1n) is 12.6. The van der Waals surface area contributed by atoms with Gasteiger partial charge < -0.3 is 4.90 Å². The lowest BCUT2D eigenvalue weighted by Crippen LogP contribution is -2.40. The van der Waals surface area contributed by atoms with E-state index in [1.165, 1.54) is 18.1 Å². The van der Waals surface area contributed by atoms with Crippen LogP contribution in [0.15, 0.2) is 47.5 Å². The fraction of sp³-hybridized carbons (Fsp3) is 0.444.